The molecule has 0 aliphatic heterocycles. The lowest BCUT2D eigenvalue weighted by Gasteiger charge is -2.17. The topological polar surface area (TPSA) is 29.1 Å². The minimum Gasteiger partial charge on any atom is -0.326 e. The fraction of sp³-hybridized carbons (Fsp3) is 0.364. The van der Waals surface area contributed by atoms with Crippen LogP contribution in [0.1, 0.15) is 20.8 Å². The summed E-state index contributed by atoms with van der Waals surface area (Å²) >= 11 is 5.73. The summed E-state index contributed by atoms with van der Waals surface area (Å²) in [6.07, 6.45) is 0. The Labute approximate surface area is 102 Å². The average molecular weight is 246 g/mol. The van der Waals surface area contributed by atoms with Gasteiger partial charge in [-0.05, 0) is 24.3 Å². The van der Waals surface area contributed by atoms with E-state index in [0.717, 1.165) is 5.69 Å². The van der Waals surface area contributed by atoms with Gasteiger partial charge in [-0.3, -0.25) is 4.79 Å². The molecule has 1 aromatic carbocycles. The number of hydrogen-bond donors (Lipinski definition) is 1. The zero-order valence-corrected chi connectivity index (χ0v) is 10.9. The van der Waals surface area contributed by atoms with E-state index in [-0.39, 0.29) is 24.8 Å². The first-order valence-electron chi connectivity index (χ1n) is 4.46. The fourth-order valence-electron chi connectivity index (χ4n) is 0.852. The molecule has 0 fully saturated rings. The Hall–Kier alpha value is -0.670. The number of carbonyl (C=O) groups excluding carboxylic acids is 1. The molecule has 2 nitrogen and oxygen atoms in total. The number of amides is 1. The van der Waals surface area contributed by atoms with Crippen LogP contribution >= 0.6 is 25.1 Å². The van der Waals surface area contributed by atoms with E-state index in [0.29, 0.717) is 5.02 Å². The molecular formula is C11H16ClNOS. The second-order valence-electron chi connectivity index (χ2n) is 4.21. The number of hydrogen-bond acceptors (Lipinski definition) is 1. The zero-order chi connectivity index (χ0) is 10.8. The third-order valence-corrected chi connectivity index (χ3v) is 2.04. The smallest absolute Gasteiger partial charge is 0.229 e. The Kier molecular flexibility index (Phi) is 5.18. The van der Waals surface area contributed by atoms with Crippen LogP contribution in [0.2, 0.25) is 5.02 Å². The number of anilines is 1. The van der Waals surface area contributed by atoms with Crippen molar-refractivity contribution in [2.24, 2.45) is 5.41 Å². The summed E-state index contributed by atoms with van der Waals surface area (Å²) in [5, 5.41) is 3.48. The highest BCUT2D eigenvalue weighted by Gasteiger charge is 2.20. The molecule has 0 saturated heterocycles. The summed E-state index contributed by atoms with van der Waals surface area (Å²) in [5.41, 5.74) is 0.397. The maximum absolute atomic E-state index is 11.6. The maximum atomic E-state index is 11.6. The van der Waals surface area contributed by atoms with Crippen LogP contribution in [0.25, 0.3) is 0 Å². The Balaban J connectivity index is 0.00000196. The van der Waals surface area contributed by atoms with Gasteiger partial charge in [0.25, 0.3) is 0 Å². The zero-order valence-electron chi connectivity index (χ0n) is 9.10. The lowest BCUT2D eigenvalue weighted by molar-refractivity contribution is -0.123. The quantitative estimate of drug-likeness (QED) is 0.807. The van der Waals surface area contributed by atoms with Gasteiger partial charge in [0.15, 0.2) is 0 Å². The van der Waals surface area contributed by atoms with Gasteiger partial charge in [-0.1, -0.05) is 32.4 Å². The van der Waals surface area contributed by atoms with Crippen molar-refractivity contribution in [1.29, 1.82) is 0 Å². The molecule has 0 aliphatic rings. The molecule has 0 heterocycles. The van der Waals surface area contributed by atoms with E-state index < -0.39 is 0 Å². The molecule has 84 valence electrons. The average Bonchev–Trinajstić information content (AvgIpc) is 2.07. The van der Waals surface area contributed by atoms with Crippen molar-refractivity contribution in [2.45, 2.75) is 20.8 Å². The van der Waals surface area contributed by atoms with Gasteiger partial charge in [0.05, 0.1) is 0 Å². The monoisotopic (exact) mass is 245 g/mol. The van der Waals surface area contributed by atoms with E-state index in [1.165, 1.54) is 0 Å². The molecule has 0 spiro atoms. The third-order valence-electron chi connectivity index (χ3n) is 1.78. The van der Waals surface area contributed by atoms with Crippen LogP contribution < -0.4 is 5.32 Å². The highest BCUT2D eigenvalue weighted by atomic mass is 35.5. The summed E-state index contributed by atoms with van der Waals surface area (Å²) in [6, 6.07) is 7.07. The van der Waals surface area contributed by atoms with Crippen LogP contribution in [-0.2, 0) is 4.79 Å². The van der Waals surface area contributed by atoms with Crippen LogP contribution in [0.15, 0.2) is 24.3 Å². The number of nitrogens with one attached hydrogen (secondary N) is 1. The Bertz CT molecular complexity index is 329. The van der Waals surface area contributed by atoms with Crippen molar-refractivity contribution in [3.63, 3.8) is 0 Å². The predicted molar refractivity (Wildman–Crippen MR) is 69.9 cm³/mol. The van der Waals surface area contributed by atoms with E-state index in [1.807, 2.05) is 20.8 Å². The Morgan fingerprint density at radius 1 is 1.20 bits per heavy atom. The van der Waals surface area contributed by atoms with Crippen molar-refractivity contribution in [1.82, 2.24) is 0 Å². The van der Waals surface area contributed by atoms with Crippen molar-refractivity contribution in [2.75, 3.05) is 5.32 Å². The predicted octanol–water partition coefficient (Wildman–Crippen LogP) is 3.44. The first-order valence-corrected chi connectivity index (χ1v) is 4.84. The van der Waals surface area contributed by atoms with Gasteiger partial charge in [0.1, 0.15) is 0 Å². The molecule has 0 aliphatic carbocycles. The lowest BCUT2D eigenvalue weighted by atomic mass is 9.95. The van der Waals surface area contributed by atoms with Crippen molar-refractivity contribution >= 4 is 36.7 Å². The molecule has 0 unspecified atom stereocenters. The van der Waals surface area contributed by atoms with Gasteiger partial charge in [-0.2, -0.15) is 13.5 Å². The molecule has 0 atom stereocenters. The molecule has 1 amide bonds. The van der Waals surface area contributed by atoms with Crippen LogP contribution in [0.3, 0.4) is 0 Å². The molecule has 1 N–H and O–H groups in total. The third kappa shape index (κ3) is 4.58. The van der Waals surface area contributed by atoms with E-state index in [1.54, 1.807) is 24.3 Å². The van der Waals surface area contributed by atoms with E-state index in [4.69, 9.17) is 11.6 Å². The van der Waals surface area contributed by atoms with E-state index in [9.17, 15) is 4.79 Å². The summed E-state index contributed by atoms with van der Waals surface area (Å²) in [4.78, 5) is 11.6. The first kappa shape index (κ1) is 14.3. The van der Waals surface area contributed by atoms with Crippen LogP contribution in [0.4, 0.5) is 5.69 Å². The Morgan fingerprint density at radius 3 is 2.07 bits per heavy atom. The number of rotatable bonds is 1. The summed E-state index contributed by atoms with van der Waals surface area (Å²) < 4.78 is 0. The standard InChI is InChI=1S/C11H14ClNO.H2S/c1-11(2,3)10(14)13-9-6-4-8(12)5-7-9;/h4-7H,1-3H3,(H,13,14);1H2. The van der Waals surface area contributed by atoms with Gasteiger partial charge < -0.3 is 5.32 Å². The molecule has 4 heteroatoms. The van der Waals surface area contributed by atoms with Gasteiger partial charge in [-0.25, -0.2) is 0 Å². The second kappa shape index (κ2) is 5.42. The number of benzene rings is 1. The molecule has 0 bridgehead atoms. The molecule has 1 aromatic rings. The highest BCUT2D eigenvalue weighted by Crippen LogP contribution is 2.18. The second-order valence-corrected chi connectivity index (χ2v) is 4.65. The number of halogens is 1. The Morgan fingerprint density at radius 2 is 1.67 bits per heavy atom. The largest absolute Gasteiger partial charge is 0.326 e. The number of carbonyl (C=O) groups is 1. The SMILES string of the molecule is CC(C)(C)C(=O)Nc1ccc(Cl)cc1.S. The minimum absolute atomic E-state index is 0. The van der Waals surface area contributed by atoms with Crippen molar-refractivity contribution in [3.8, 4) is 0 Å². The highest BCUT2D eigenvalue weighted by molar-refractivity contribution is 7.59. The summed E-state index contributed by atoms with van der Waals surface area (Å²) in [7, 11) is 0. The van der Waals surface area contributed by atoms with Gasteiger partial charge in [0.2, 0.25) is 5.91 Å². The lowest BCUT2D eigenvalue weighted by Crippen LogP contribution is -2.27. The van der Waals surface area contributed by atoms with Gasteiger partial charge in [-0.15, -0.1) is 0 Å². The van der Waals surface area contributed by atoms with Gasteiger partial charge in [0, 0.05) is 16.1 Å². The van der Waals surface area contributed by atoms with E-state index in [2.05, 4.69) is 5.32 Å². The normalized spacial score (nSPS) is 10.4. The van der Waals surface area contributed by atoms with E-state index >= 15 is 0 Å². The molecule has 0 radical (unpaired) electrons. The minimum atomic E-state index is -0.375. The van der Waals surface area contributed by atoms with Crippen LogP contribution in [0, 0.1) is 5.41 Å². The van der Waals surface area contributed by atoms with Crippen molar-refractivity contribution in [3.05, 3.63) is 29.3 Å². The van der Waals surface area contributed by atoms with Crippen LogP contribution in [0.5, 0.6) is 0 Å². The fourth-order valence-corrected chi connectivity index (χ4v) is 0.978. The molecule has 1 rings (SSSR count). The maximum Gasteiger partial charge on any atom is 0.229 e. The van der Waals surface area contributed by atoms with Gasteiger partial charge >= 0.3 is 0 Å². The molecule has 0 saturated carbocycles. The molecular weight excluding hydrogens is 230 g/mol. The van der Waals surface area contributed by atoms with Crippen LogP contribution in [-0.4, -0.2) is 5.91 Å². The first-order chi connectivity index (χ1) is 6.39. The summed E-state index contributed by atoms with van der Waals surface area (Å²) in [6.45, 7) is 5.62. The molecule has 0 aromatic heterocycles. The van der Waals surface area contributed by atoms with Crippen molar-refractivity contribution < 1.29 is 4.79 Å². The molecule has 15 heavy (non-hydrogen) atoms. The summed E-state index contributed by atoms with van der Waals surface area (Å²) in [5.74, 6) is -0.000164.